The minimum Gasteiger partial charge on any atom is -0.310 e. The molecule has 0 radical (unpaired) electrons. The summed E-state index contributed by atoms with van der Waals surface area (Å²) in [5.74, 6) is 0.822. The van der Waals surface area contributed by atoms with Gasteiger partial charge >= 0.3 is 0 Å². The van der Waals surface area contributed by atoms with Gasteiger partial charge < -0.3 is 5.32 Å². The number of benzene rings is 1. The van der Waals surface area contributed by atoms with Crippen molar-refractivity contribution in [2.45, 2.75) is 65.3 Å². The van der Waals surface area contributed by atoms with Crippen LogP contribution in [0.15, 0.2) is 18.2 Å². The molecule has 0 heterocycles. The van der Waals surface area contributed by atoms with Crippen molar-refractivity contribution in [3.63, 3.8) is 0 Å². The first-order chi connectivity index (χ1) is 9.24. The molecule has 1 saturated carbocycles. The Morgan fingerprint density at radius 2 is 1.79 bits per heavy atom. The Kier molecular flexibility index (Phi) is 5.45. The van der Waals surface area contributed by atoms with Crippen LogP contribution in [0.1, 0.15) is 68.2 Å². The molecule has 0 spiro atoms. The average Bonchev–Trinajstić information content (AvgIpc) is 2.68. The van der Waals surface area contributed by atoms with Crippen LogP contribution in [0.5, 0.6) is 0 Å². The van der Waals surface area contributed by atoms with Crippen LogP contribution in [0.3, 0.4) is 0 Å². The Hall–Kier alpha value is -0.820. The van der Waals surface area contributed by atoms with Crippen LogP contribution in [0.25, 0.3) is 0 Å². The highest BCUT2D eigenvalue weighted by Crippen LogP contribution is 2.35. The summed E-state index contributed by atoms with van der Waals surface area (Å²) in [7, 11) is 0. The highest BCUT2D eigenvalue weighted by Gasteiger charge is 2.24. The molecule has 0 bridgehead atoms. The fourth-order valence-corrected chi connectivity index (χ4v) is 3.51. The summed E-state index contributed by atoms with van der Waals surface area (Å²) in [5, 5.41) is 3.76. The van der Waals surface area contributed by atoms with E-state index in [1.165, 1.54) is 55.2 Å². The lowest BCUT2D eigenvalue weighted by molar-refractivity contribution is 0.329. The summed E-state index contributed by atoms with van der Waals surface area (Å²) >= 11 is 0. The van der Waals surface area contributed by atoms with Gasteiger partial charge in [0, 0.05) is 6.04 Å². The SMILES string of the molecule is CCNC(c1cccc(C)c1C)C1CCCCCC1. The second kappa shape index (κ2) is 7.09. The first-order valence-corrected chi connectivity index (χ1v) is 8.03. The molecule has 1 atom stereocenters. The third kappa shape index (κ3) is 3.60. The van der Waals surface area contributed by atoms with E-state index in [4.69, 9.17) is 0 Å². The fourth-order valence-electron chi connectivity index (χ4n) is 3.51. The Balaban J connectivity index is 2.25. The van der Waals surface area contributed by atoms with Gasteiger partial charge in [0.2, 0.25) is 0 Å². The van der Waals surface area contributed by atoms with Gasteiger partial charge in [0.1, 0.15) is 0 Å². The summed E-state index contributed by atoms with van der Waals surface area (Å²) in [6.07, 6.45) is 8.48. The van der Waals surface area contributed by atoms with Crippen LogP contribution in [0.2, 0.25) is 0 Å². The van der Waals surface area contributed by atoms with Gasteiger partial charge in [-0.15, -0.1) is 0 Å². The fraction of sp³-hybridized carbons (Fsp3) is 0.667. The number of rotatable bonds is 4. The lowest BCUT2D eigenvalue weighted by atomic mass is 9.84. The molecule has 1 aliphatic rings. The van der Waals surface area contributed by atoms with Gasteiger partial charge in [0.25, 0.3) is 0 Å². The first kappa shape index (κ1) is 14.6. The van der Waals surface area contributed by atoms with Crippen molar-refractivity contribution in [2.75, 3.05) is 6.54 Å². The Bertz CT molecular complexity index is 389. The molecule has 0 aromatic heterocycles. The predicted octanol–water partition coefficient (Wildman–Crippen LogP) is 4.92. The minimum absolute atomic E-state index is 0.558. The average molecular weight is 259 g/mol. The maximum atomic E-state index is 3.76. The normalized spacial score (nSPS) is 19.1. The molecule has 0 amide bonds. The van der Waals surface area contributed by atoms with Crippen LogP contribution in [-0.2, 0) is 0 Å². The summed E-state index contributed by atoms with van der Waals surface area (Å²) < 4.78 is 0. The molecule has 0 aliphatic heterocycles. The van der Waals surface area contributed by atoms with Crippen molar-refractivity contribution in [3.8, 4) is 0 Å². The topological polar surface area (TPSA) is 12.0 Å². The lowest BCUT2D eigenvalue weighted by Crippen LogP contribution is -2.29. The molecule has 1 N–H and O–H groups in total. The van der Waals surface area contributed by atoms with Crippen molar-refractivity contribution in [2.24, 2.45) is 5.92 Å². The van der Waals surface area contributed by atoms with Gasteiger partial charge in [0.05, 0.1) is 0 Å². The molecule has 1 heteroatoms. The van der Waals surface area contributed by atoms with Gasteiger partial charge in [-0.2, -0.15) is 0 Å². The maximum Gasteiger partial charge on any atom is 0.0351 e. The maximum absolute atomic E-state index is 3.76. The molecule has 0 saturated heterocycles. The molecule has 1 unspecified atom stereocenters. The van der Waals surface area contributed by atoms with E-state index in [1.54, 1.807) is 0 Å². The molecule has 2 rings (SSSR count). The largest absolute Gasteiger partial charge is 0.310 e. The zero-order chi connectivity index (χ0) is 13.7. The first-order valence-electron chi connectivity index (χ1n) is 8.03. The smallest absolute Gasteiger partial charge is 0.0351 e. The van der Waals surface area contributed by atoms with Crippen LogP contribution in [0.4, 0.5) is 0 Å². The van der Waals surface area contributed by atoms with E-state index in [-0.39, 0.29) is 0 Å². The standard InChI is InChI=1S/C18H29N/c1-4-19-18(16-11-7-5-6-8-12-16)17-13-9-10-14(2)15(17)3/h9-10,13,16,18-19H,4-8,11-12H2,1-3H3. The quantitative estimate of drug-likeness (QED) is 0.756. The van der Waals surface area contributed by atoms with Crippen LogP contribution in [-0.4, -0.2) is 6.54 Å². The molecular weight excluding hydrogens is 230 g/mol. The second-order valence-electron chi connectivity index (χ2n) is 6.08. The van der Waals surface area contributed by atoms with E-state index in [1.807, 2.05) is 0 Å². The molecule has 1 aromatic carbocycles. The predicted molar refractivity (Wildman–Crippen MR) is 83.5 cm³/mol. The third-order valence-corrected chi connectivity index (χ3v) is 4.78. The minimum atomic E-state index is 0.558. The number of hydrogen-bond donors (Lipinski definition) is 1. The summed E-state index contributed by atoms with van der Waals surface area (Å²) in [6, 6.07) is 7.34. The number of hydrogen-bond acceptors (Lipinski definition) is 1. The number of nitrogens with one attached hydrogen (secondary N) is 1. The summed E-state index contributed by atoms with van der Waals surface area (Å²) in [5.41, 5.74) is 4.44. The van der Waals surface area contributed by atoms with Crippen molar-refractivity contribution in [1.29, 1.82) is 0 Å². The molecule has 19 heavy (non-hydrogen) atoms. The van der Waals surface area contributed by atoms with Crippen molar-refractivity contribution in [3.05, 3.63) is 34.9 Å². The Morgan fingerprint density at radius 1 is 1.11 bits per heavy atom. The van der Waals surface area contributed by atoms with Crippen molar-refractivity contribution < 1.29 is 0 Å². The summed E-state index contributed by atoms with van der Waals surface area (Å²) in [4.78, 5) is 0. The van der Waals surface area contributed by atoms with Gasteiger partial charge in [-0.25, -0.2) is 0 Å². The number of aryl methyl sites for hydroxylation is 1. The van der Waals surface area contributed by atoms with E-state index in [0.29, 0.717) is 6.04 Å². The van der Waals surface area contributed by atoms with Crippen LogP contribution in [0, 0.1) is 19.8 Å². The lowest BCUT2D eigenvalue weighted by Gasteiger charge is -2.29. The van der Waals surface area contributed by atoms with Gasteiger partial charge in [-0.1, -0.05) is 50.8 Å². The molecule has 106 valence electrons. The third-order valence-electron chi connectivity index (χ3n) is 4.78. The second-order valence-corrected chi connectivity index (χ2v) is 6.08. The van der Waals surface area contributed by atoms with Gasteiger partial charge in [-0.05, 0) is 55.8 Å². The monoisotopic (exact) mass is 259 g/mol. The van der Waals surface area contributed by atoms with Gasteiger partial charge in [0.15, 0.2) is 0 Å². The van der Waals surface area contributed by atoms with Crippen molar-refractivity contribution in [1.82, 2.24) is 5.32 Å². The molecule has 1 nitrogen and oxygen atoms in total. The Morgan fingerprint density at radius 3 is 2.42 bits per heavy atom. The summed E-state index contributed by atoms with van der Waals surface area (Å²) in [6.45, 7) is 7.81. The van der Waals surface area contributed by atoms with E-state index < -0.39 is 0 Å². The van der Waals surface area contributed by atoms with E-state index in [0.717, 1.165) is 12.5 Å². The zero-order valence-electron chi connectivity index (χ0n) is 12.8. The van der Waals surface area contributed by atoms with E-state index in [2.05, 4.69) is 44.3 Å². The zero-order valence-corrected chi connectivity index (χ0v) is 12.8. The van der Waals surface area contributed by atoms with Crippen LogP contribution >= 0.6 is 0 Å². The molecule has 1 aliphatic carbocycles. The van der Waals surface area contributed by atoms with Crippen LogP contribution < -0.4 is 5.32 Å². The van der Waals surface area contributed by atoms with Crippen molar-refractivity contribution >= 4 is 0 Å². The molecule has 1 fully saturated rings. The highest BCUT2D eigenvalue weighted by atomic mass is 14.9. The highest BCUT2D eigenvalue weighted by molar-refractivity contribution is 5.35. The van der Waals surface area contributed by atoms with E-state index in [9.17, 15) is 0 Å². The molecule has 1 aromatic rings. The van der Waals surface area contributed by atoms with Gasteiger partial charge in [-0.3, -0.25) is 0 Å². The van der Waals surface area contributed by atoms with E-state index >= 15 is 0 Å². The Labute approximate surface area is 118 Å². The molecular formula is C18H29N.